The van der Waals surface area contributed by atoms with Crippen LogP contribution in [0.2, 0.25) is 0 Å². The van der Waals surface area contributed by atoms with Gasteiger partial charge in [-0.25, -0.2) is 17.6 Å². The SMILES string of the molecule is OCC1=CC(F)C(Oc2ccc(F)c(F)c2)C(F)=C1. The second-order valence-corrected chi connectivity index (χ2v) is 3.99. The van der Waals surface area contributed by atoms with Crippen molar-refractivity contribution in [2.45, 2.75) is 12.3 Å². The second kappa shape index (κ2) is 5.44. The van der Waals surface area contributed by atoms with Gasteiger partial charge in [-0.15, -0.1) is 0 Å². The summed E-state index contributed by atoms with van der Waals surface area (Å²) in [4.78, 5) is 0. The summed E-state index contributed by atoms with van der Waals surface area (Å²) in [6.07, 6.45) is -1.44. The average molecular weight is 274 g/mol. The molecule has 0 amide bonds. The first-order valence-electron chi connectivity index (χ1n) is 5.45. The van der Waals surface area contributed by atoms with Crippen molar-refractivity contribution in [2.24, 2.45) is 0 Å². The summed E-state index contributed by atoms with van der Waals surface area (Å²) in [5.41, 5.74) is 0.0927. The summed E-state index contributed by atoms with van der Waals surface area (Å²) in [6, 6.07) is 2.58. The summed E-state index contributed by atoms with van der Waals surface area (Å²) in [7, 11) is 0. The van der Waals surface area contributed by atoms with E-state index >= 15 is 0 Å². The fourth-order valence-corrected chi connectivity index (χ4v) is 1.67. The Kier molecular flexibility index (Phi) is 3.90. The highest BCUT2D eigenvalue weighted by Gasteiger charge is 2.30. The largest absolute Gasteiger partial charge is 0.480 e. The minimum atomic E-state index is -1.82. The summed E-state index contributed by atoms with van der Waals surface area (Å²) in [5, 5.41) is 8.79. The first-order chi connectivity index (χ1) is 9.01. The van der Waals surface area contributed by atoms with Crippen molar-refractivity contribution in [1.29, 1.82) is 0 Å². The van der Waals surface area contributed by atoms with E-state index in [4.69, 9.17) is 9.84 Å². The normalized spacial score (nSPS) is 22.8. The summed E-state index contributed by atoms with van der Waals surface area (Å²) in [5.74, 6) is -3.36. The van der Waals surface area contributed by atoms with Gasteiger partial charge in [-0.2, -0.15) is 0 Å². The fraction of sp³-hybridized carbons (Fsp3) is 0.231. The Morgan fingerprint density at radius 3 is 2.47 bits per heavy atom. The molecule has 0 aromatic heterocycles. The Morgan fingerprint density at radius 2 is 1.89 bits per heavy atom. The molecule has 0 aliphatic heterocycles. The van der Waals surface area contributed by atoms with Crippen LogP contribution in [0.4, 0.5) is 17.6 Å². The van der Waals surface area contributed by atoms with E-state index in [1.807, 2.05) is 0 Å². The standard InChI is InChI=1S/C13H10F4O2/c14-9-2-1-8(5-10(9)15)19-13-11(16)3-7(6-18)4-12(13)17/h1-5,11,13,18H,6H2. The third-order valence-electron chi connectivity index (χ3n) is 2.59. The lowest BCUT2D eigenvalue weighted by molar-refractivity contribution is 0.130. The van der Waals surface area contributed by atoms with Crippen molar-refractivity contribution in [3.63, 3.8) is 0 Å². The average Bonchev–Trinajstić information content (AvgIpc) is 2.37. The predicted octanol–water partition coefficient (Wildman–Crippen LogP) is 2.84. The van der Waals surface area contributed by atoms with E-state index in [9.17, 15) is 17.6 Å². The quantitative estimate of drug-likeness (QED) is 0.859. The number of ether oxygens (including phenoxy) is 1. The van der Waals surface area contributed by atoms with Gasteiger partial charge in [0.25, 0.3) is 0 Å². The first-order valence-corrected chi connectivity index (χ1v) is 5.45. The molecule has 0 bridgehead atoms. The molecule has 19 heavy (non-hydrogen) atoms. The fourth-order valence-electron chi connectivity index (χ4n) is 1.67. The molecule has 2 nitrogen and oxygen atoms in total. The van der Waals surface area contributed by atoms with Crippen molar-refractivity contribution in [2.75, 3.05) is 6.61 Å². The van der Waals surface area contributed by atoms with Gasteiger partial charge in [-0.3, -0.25) is 0 Å². The number of aliphatic hydroxyl groups excluding tert-OH is 1. The van der Waals surface area contributed by atoms with Crippen LogP contribution in [0.5, 0.6) is 5.75 Å². The minimum Gasteiger partial charge on any atom is -0.480 e. The zero-order chi connectivity index (χ0) is 14.0. The minimum absolute atomic E-state index is 0.0927. The van der Waals surface area contributed by atoms with E-state index in [1.54, 1.807) is 0 Å². The molecule has 1 aliphatic rings. The maximum absolute atomic E-state index is 13.6. The van der Waals surface area contributed by atoms with E-state index in [2.05, 4.69) is 0 Å². The smallest absolute Gasteiger partial charge is 0.184 e. The number of halogens is 4. The molecule has 0 fully saturated rings. The Bertz CT molecular complexity index is 539. The molecule has 0 heterocycles. The maximum Gasteiger partial charge on any atom is 0.184 e. The summed E-state index contributed by atoms with van der Waals surface area (Å²) < 4.78 is 57.8. The van der Waals surface area contributed by atoms with Crippen molar-refractivity contribution in [1.82, 2.24) is 0 Å². The molecule has 1 aliphatic carbocycles. The zero-order valence-electron chi connectivity index (χ0n) is 9.62. The van der Waals surface area contributed by atoms with Crippen molar-refractivity contribution < 1.29 is 27.4 Å². The van der Waals surface area contributed by atoms with Gasteiger partial charge in [-0.05, 0) is 29.9 Å². The van der Waals surface area contributed by atoms with Crippen LogP contribution in [0.3, 0.4) is 0 Å². The van der Waals surface area contributed by atoms with Crippen molar-refractivity contribution >= 4 is 0 Å². The Balaban J connectivity index is 2.17. The highest BCUT2D eigenvalue weighted by atomic mass is 19.2. The number of aliphatic hydroxyl groups is 1. The molecule has 1 aromatic carbocycles. The van der Waals surface area contributed by atoms with Crippen LogP contribution in [-0.4, -0.2) is 24.0 Å². The number of benzene rings is 1. The molecule has 1 N–H and O–H groups in total. The lowest BCUT2D eigenvalue weighted by atomic mass is 10.0. The zero-order valence-corrected chi connectivity index (χ0v) is 9.62. The van der Waals surface area contributed by atoms with E-state index in [1.165, 1.54) is 0 Å². The Hall–Kier alpha value is -1.82. The molecule has 0 saturated heterocycles. The van der Waals surface area contributed by atoms with Crippen LogP contribution in [0.1, 0.15) is 0 Å². The molecule has 2 unspecified atom stereocenters. The molecular weight excluding hydrogens is 264 g/mol. The van der Waals surface area contributed by atoms with Crippen LogP contribution in [0.15, 0.2) is 41.8 Å². The van der Waals surface area contributed by atoms with Gasteiger partial charge in [0.05, 0.1) is 6.61 Å². The number of hydrogen-bond acceptors (Lipinski definition) is 2. The Labute approximate surface area is 106 Å². The van der Waals surface area contributed by atoms with E-state index in [0.29, 0.717) is 6.07 Å². The van der Waals surface area contributed by atoms with E-state index in [-0.39, 0.29) is 11.3 Å². The molecule has 0 spiro atoms. The van der Waals surface area contributed by atoms with Crippen LogP contribution >= 0.6 is 0 Å². The van der Waals surface area contributed by atoms with Crippen LogP contribution in [-0.2, 0) is 0 Å². The molecule has 6 heteroatoms. The third-order valence-corrected chi connectivity index (χ3v) is 2.59. The van der Waals surface area contributed by atoms with Gasteiger partial charge in [0.1, 0.15) is 11.6 Å². The van der Waals surface area contributed by atoms with Gasteiger partial charge in [0.2, 0.25) is 0 Å². The highest BCUT2D eigenvalue weighted by Crippen LogP contribution is 2.27. The maximum atomic E-state index is 13.6. The number of rotatable bonds is 3. The Morgan fingerprint density at radius 1 is 1.16 bits per heavy atom. The predicted molar refractivity (Wildman–Crippen MR) is 60.0 cm³/mol. The highest BCUT2D eigenvalue weighted by molar-refractivity contribution is 5.33. The van der Waals surface area contributed by atoms with E-state index < -0.39 is 36.3 Å². The van der Waals surface area contributed by atoms with Gasteiger partial charge in [0, 0.05) is 6.07 Å². The monoisotopic (exact) mass is 274 g/mol. The van der Waals surface area contributed by atoms with Crippen molar-refractivity contribution in [3.05, 3.63) is 53.4 Å². The number of hydrogen-bond donors (Lipinski definition) is 1. The van der Waals surface area contributed by atoms with Crippen LogP contribution in [0.25, 0.3) is 0 Å². The van der Waals surface area contributed by atoms with Gasteiger partial charge >= 0.3 is 0 Å². The topological polar surface area (TPSA) is 29.5 Å². The molecular formula is C13H10F4O2. The molecule has 1 aromatic rings. The van der Waals surface area contributed by atoms with E-state index in [0.717, 1.165) is 24.3 Å². The number of alkyl halides is 1. The summed E-state index contributed by atoms with van der Waals surface area (Å²) in [6.45, 7) is -0.494. The third kappa shape index (κ3) is 2.96. The molecule has 0 saturated carbocycles. The lowest BCUT2D eigenvalue weighted by Crippen LogP contribution is -2.31. The molecule has 0 radical (unpaired) electrons. The molecule has 2 rings (SSSR count). The molecule has 102 valence electrons. The molecule has 2 atom stereocenters. The van der Waals surface area contributed by atoms with Gasteiger partial charge in [0.15, 0.2) is 23.9 Å². The van der Waals surface area contributed by atoms with Crippen LogP contribution in [0, 0.1) is 11.6 Å². The van der Waals surface area contributed by atoms with Gasteiger partial charge < -0.3 is 9.84 Å². The van der Waals surface area contributed by atoms with Crippen LogP contribution < -0.4 is 4.74 Å². The first kappa shape index (κ1) is 13.6. The van der Waals surface area contributed by atoms with Gasteiger partial charge in [-0.1, -0.05) is 0 Å². The summed E-state index contributed by atoms with van der Waals surface area (Å²) >= 11 is 0. The lowest BCUT2D eigenvalue weighted by Gasteiger charge is -2.23. The second-order valence-electron chi connectivity index (χ2n) is 3.99. The van der Waals surface area contributed by atoms with Crippen molar-refractivity contribution in [3.8, 4) is 5.75 Å².